The molecular formula is C29H43N5O4. The molecular weight excluding hydrogens is 482 g/mol. The number of hydrogen-bond donors (Lipinski definition) is 3. The number of unbranched alkanes of at least 4 members (excludes halogenated alkanes) is 1. The van der Waals surface area contributed by atoms with Crippen LogP contribution in [0.25, 0.3) is 0 Å². The number of carboxylic acids is 1. The van der Waals surface area contributed by atoms with Crippen molar-refractivity contribution in [2.75, 3.05) is 51.2 Å². The van der Waals surface area contributed by atoms with Crippen molar-refractivity contribution < 1.29 is 19.4 Å². The van der Waals surface area contributed by atoms with Crippen molar-refractivity contribution in [3.8, 4) is 5.75 Å². The molecule has 0 bridgehead atoms. The van der Waals surface area contributed by atoms with Gasteiger partial charge in [0.05, 0.1) is 0 Å². The molecule has 9 heteroatoms. The van der Waals surface area contributed by atoms with Gasteiger partial charge in [0.2, 0.25) is 0 Å². The lowest BCUT2D eigenvalue weighted by molar-refractivity contribution is -0.139. The number of nitrogens with one attached hydrogen (secondary N) is 2. The highest BCUT2D eigenvalue weighted by atomic mass is 16.5. The van der Waals surface area contributed by atoms with E-state index in [4.69, 9.17) is 9.72 Å². The third-order valence-electron chi connectivity index (χ3n) is 6.91. The zero-order chi connectivity index (χ0) is 27.2. The Kier molecular flexibility index (Phi) is 12.2. The summed E-state index contributed by atoms with van der Waals surface area (Å²) >= 11 is 0. The highest BCUT2D eigenvalue weighted by Gasteiger charge is 2.23. The molecule has 2 heterocycles. The van der Waals surface area contributed by atoms with E-state index >= 15 is 0 Å². The Morgan fingerprint density at radius 3 is 2.61 bits per heavy atom. The van der Waals surface area contributed by atoms with Gasteiger partial charge < -0.3 is 25.4 Å². The summed E-state index contributed by atoms with van der Waals surface area (Å²) in [5, 5.41) is 15.8. The number of amides is 2. The maximum atomic E-state index is 12.4. The molecule has 0 fully saturated rings. The lowest BCUT2D eigenvalue weighted by Gasteiger charge is -2.26. The minimum atomic E-state index is -1.02. The van der Waals surface area contributed by atoms with E-state index in [2.05, 4.69) is 27.7 Å². The van der Waals surface area contributed by atoms with Gasteiger partial charge in [-0.15, -0.1) is 0 Å². The van der Waals surface area contributed by atoms with E-state index < -0.39 is 12.0 Å². The fourth-order valence-corrected chi connectivity index (χ4v) is 4.61. The summed E-state index contributed by atoms with van der Waals surface area (Å²) in [6, 6.07) is 12.7. The fourth-order valence-electron chi connectivity index (χ4n) is 4.61. The van der Waals surface area contributed by atoms with E-state index in [1.165, 1.54) is 5.56 Å². The number of carbonyl (C=O) groups is 2. The second-order valence-corrected chi connectivity index (χ2v) is 9.60. The van der Waals surface area contributed by atoms with Crippen LogP contribution in [-0.2, 0) is 17.6 Å². The number of benzene rings is 1. The van der Waals surface area contributed by atoms with Crippen molar-refractivity contribution in [3.05, 3.63) is 53.7 Å². The zero-order valence-corrected chi connectivity index (χ0v) is 22.8. The van der Waals surface area contributed by atoms with E-state index in [0.717, 1.165) is 62.5 Å². The number of urea groups is 1. The van der Waals surface area contributed by atoms with Crippen molar-refractivity contribution in [1.29, 1.82) is 0 Å². The molecule has 38 heavy (non-hydrogen) atoms. The Labute approximate surface area is 226 Å². The highest BCUT2D eigenvalue weighted by Crippen LogP contribution is 2.20. The largest absolute Gasteiger partial charge is 0.492 e. The summed E-state index contributed by atoms with van der Waals surface area (Å²) < 4.78 is 5.89. The number of fused-ring (bicyclic) bond motifs is 1. The Bertz CT molecular complexity index is 1000. The smallest absolute Gasteiger partial charge is 0.326 e. The van der Waals surface area contributed by atoms with Crippen molar-refractivity contribution in [1.82, 2.24) is 20.1 Å². The van der Waals surface area contributed by atoms with Crippen LogP contribution in [-0.4, -0.2) is 83.8 Å². The number of rotatable bonds is 16. The molecule has 2 aromatic rings. The first-order valence-electron chi connectivity index (χ1n) is 13.9. The molecule has 0 radical (unpaired) electrons. The topological polar surface area (TPSA) is 107 Å². The number of aryl methyl sites for hydroxylation is 2. The maximum absolute atomic E-state index is 12.4. The second-order valence-electron chi connectivity index (χ2n) is 9.60. The summed E-state index contributed by atoms with van der Waals surface area (Å²) in [4.78, 5) is 32.9. The number of aromatic nitrogens is 1. The molecule has 0 saturated carbocycles. The first kappa shape index (κ1) is 29.2. The normalized spacial score (nSPS) is 13.3. The predicted octanol–water partition coefficient (Wildman–Crippen LogP) is 4.04. The third-order valence-corrected chi connectivity index (χ3v) is 6.91. The first-order chi connectivity index (χ1) is 18.5. The van der Waals surface area contributed by atoms with Gasteiger partial charge in [-0.1, -0.05) is 24.3 Å². The number of carbonyl (C=O) groups excluding carboxylic acids is 1. The van der Waals surface area contributed by atoms with Gasteiger partial charge in [0.1, 0.15) is 24.2 Å². The van der Waals surface area contributed by atoms with Gasteiger partial charge in [-0.05, 0) is 82.7 Å². The average Bonchev–Trinajstić information content (AvgIpc) is 2.93. The molecule has 1 atom stereocenters. The van der Waals surface area contributed by atoms with E-state index in [9.17, 15) is 14.7 Å². The van der Waals surface area contributed by atoms with E-state index in [1.807, 2.05) is 44.2 Å². The van der Waals surface area contributed by atoms with Gasteiger partial charge in [-0.3, -0.25) is 4.90 Å². The standard InChI is InChI=1S/C29H43N5O4/c1-3-34(4-2)29(37)32-26(28(35)36)17-20-33(21-22-38-25-13-6-5-7-14-25)19-9-8-12-24-16-15-23-11-10-18-30-27(23)31-24/h5-7,13-16,26H,3-4,8-12,17-22H2,1-2H3,(H,30,31)(H,32,37)(H,35,36)/t26-/m0/s1. The lowest BCUT2D eigenvalue weighted by atomic mass is 10.1. The van der Waals surface area contributed by atoms with Gasteiger partial charge in [0.25, 0.3) is 0 Å². The number of pyridine rings is 1. The third kappa shape index (κ3) is 9.52. The quantitative estimate of drug-likeness (QED) is 0.284. The molecule has 0 aliphatic carbocycles. The molecule has 1 aliphatic heterocycles. The molecule has 0 spiro atoms. The Morgan fingerprint density at radius 1 is 1.08 bits per heavy atom. The summed E-state index contributed by atoms with van der Waals surface area (Å²) in [7, 11) is 0. The lowest BCUT2D eigenvalue weighted by Crippen LogP contribution is -2.49. The minimum Gasteiger partial charge on any atom is -0.492 e. The molecule has 9 nitrogen and oxygen atoms in total. The molecule has 0 saturated heterocycles. The molecule has 3 N–H and O–H groups in total. The van der Waals surface area contributed by atoms with Gasteiger partial charge in [0.15, 0.2) is 0 Å². The van der Waals surface area contributed by atoms with E-state index in [1.54, 1.807) is 4.90 Å². The summed E-state index contributed by atoms with van der Waals surface area (Å²) in [5.74, 6) is 0.826. The number of nitrogens with zero attached hydrogens (tertiary/aromatic N) is 3. The summed E-state index contributed by atoms with van der Waals surface area (Å²) in [6.45, 7) is 8.35. The van der Waals surface area contributed by atoms with Crippen LogP contribution in [0.2, 0.25) is 0 Å². The number of para-hydroxylation sites is 1. The number of ether oxygens (including phenoxy) is 1. The summed E-state index contributed by atoms with van der Waals surface area (Å²) in [5.41, 5.74) is 2.40. The van der Waals surface area contributed by atoms with E-state index in [-0.39, 0.29) is 6.03 Å². The molecule has 1 aliphatic rings. The molecule has 2 amide bonds. The number of anilines is 1. The fraction of sp³-hybridized carbons (Fsp3) is 0.552. The van der Waals surface area contributed by atoms with Gasteiger partial charge in [-0.2, -0.15) is 0 Å². The number of carboxylic acid groups (broad SMARTS) is 1. The summed E-state index contributed by atoms with van der Waals surface area (Å²) in [6.07, 6.45) is 5.42. The second kappa shape index (κ2) is 15.8. The van der Waals surface area contributed by atoms with Crippen LogP contribution in [0.15, 0.2) is 42.5 Å². The van der Waals surface area contributed by atoms with Crippen LogP contribution in [0.3, 0.4) is 0 Å². The van der Waals surface area contributed by atoms with Crippen LogP contribution in [0.1, 0.15) is 50.8 Å². The van der Waals surface area contributed by atoms with Gasteiger partial charge in [0, 0.05) is 38.4 Å². The van der Waals surface area contributed by atoms with Crippen molar-refractivity contribution in [2.45, 2.75) is 58.4 Å². The Morgan fingerprint density at radius 2 is 1.87 bits per heavy atom. The first-order valence-corrected chi connectivity index (χ1v) is 13.9. The highest BCUT2D eigenvalue weighted by molar-refractivity contribution is 5.82. The number of hydrogen-bond acceptors (Lipinski definition) is 6. The molecule has 1 aromatic heterocycles. The van der Waals surface area contributed by atoms with Crippen molar-refractivity contribution >= 4 is 17.8 Å². The van der Waals surface area contributed by atoms with Crippen LogP contribution in [0.4, 0.5) is 10.6 Å². The Balaban J connectivity index is 1.52. The average molecular weight is 526 g/mol. The number of aliphatic carboxylic acids is 1. The minimum absolute atomic E-state index is 0.325. The Hall–Kier alpha value is -3.33. The predicted molar refractivity (Wildman–Crippen MR) is 150 cm³/mol. The molecule has 3 rings (SSSR count). The SMILES string of the molecule is CCN(CC)C(=O)N[C@@H](CCN(CCCCc1ccc2c(n1)NCCC2)CCOc1ccccc1)C(=O)O. The van der Waals surface area contributed by atoms with E-state index in [0.29, 0.717) is 39.2 Å². The maximum Gasteiger partial charge on any atom is 0.326 e. The van der Waals surface area contributed by atoms with Crippen LogP contribution >= 0.6 is 0 Å². The van der Waals surface area contributed by atoms with Crippen molar-refractivity contribution in [3.63, 3.8) is 0 Å². The monoisotopic (exact) mass is 525 g/mol. The molecule has 208 valence electrons. The zero-order valence-electron chi connectivity index (χ0n) is 22.8. The molecule has 1 aromatic carbocycles. The van der Waals surface area contributed by atoms with Gasteiger partial charge >= 0.3 is 12.0 Å². The molecule has 0 unspecified atom stereocenters. The van der Waals surface area contributed by atoms with Crippen LogP contribution < -0.4 is 15.4 Å². The van der Waals surface area contributed by atoms with Crippen LogP contribution in [0.5, 0.6) is 5.75 Å². The van der Waals surface area contributed by atoms with Crippen molar-refractivity contribution in [2.24, 2.45) is 0 Å². The van der Waals surface area contributed by atoms with Crippen LogP contribution in [0, 0.1) is 0 Å². The van der Waals surface area contributed by atoms with Gasteiger partial charge in [-0.25, -0.2) is 14.6 Å².